The second kappa shape index (κ2) is 7.33. The van der Waals surface area contributed by atoms with Gasteiger partial charge in [0.25, 0.3) is 0 Å². The lowest BCUT2D eigenvalue weighted by Crippen LogP contribution is -2.50. The van der Waals surface area contributed by atoms with Gasteiger partial charge in [0, 0.05) is 18.3 Å². The number of hydrogen-bond donors (Lipinski definition) is 1. The first kappa shape index (κ1) is 14.9. The Balaban J connectivity index is 1.87. The van der Waals surface area contributed by atoms with Crippen LogP contribution in [0.1, 0.15) is 24.2 Å². The first-order valence-electron chi connectivity index (χ1n) is 6.91. The molecule has 0 radical (unpaired) electrons. The average Bonchev–Trinajstić information content (AvgIpc) is 2.49. The molecule has 0 unspecified atom stereocenters. The number of carbonyl (C=O) groups excluding carboxylic acids is 2. The van der Waals surface area contributed by atoms with Gasteiger partial charge in [-0.1, -0.05) is 37.3 Å². The molecule has 0 aliphatic carbocycles. The molecule has 1 heterocycles. The van der Waals surface area contributed by atoms with Gasteiger partial charge < -0.3 is 10.2 Å². The van der Waals surface area contributed by atoms with Crippen molar-refractivity contribution < 1.29 is 9.59 Å². The van der Waals surface area contributed by atoms with E-state index in [2.05, 4.69) is 24.4 Å². The summed E-state index contributed by atoms with van der Waals surface area (Å²) in [5.74, 6) is 0.421. The molecule has 1 aliphatic heterocycles. The molecule has 1 N–H and O–H groups in total. The molecule has 2 rings (SSSR count). The molecule has 0 saturated carbocycles. The van der Waals surface area contributed by atoms with Crippen LogP contribution in [-0.4, -0.2) is 42.1 Å². The molecule has 1 fully saturated rings. The largest absolute Gasteiger partial charge is 0.353 e. The Hall–Kier alpha value is -1.49. The van der Waals surface area contributed by atoms with E-state index < -0.39 is 0 Å². The average molecular weight is 292 g/mol. The monoisotopic (exact) mass is 292 g/mol. The van der Waals surface area contributed by atoms with E-state index >= 15 is 0 Å². The lowest BCUT2D eigenvalue weighted by molar-refractivity contribution is -0.136. The van der Waals surface area contributed by atoms with Crippen LogP contribution in [0.4, 0.5) is 0 Å². The number of nitrogens with zero attached hydrogens (tertiary/aromatic N) is 1. The maximum Gasteiger partial charge on any atom is 0.239 e. The van der Waals surface area contributed by atoms with Gasteiger partial charge in [-0.3, -0.25) is 9.59 Å². The fourth-order valence-electron chi connectivity index (χ4n) is 2.23. The molecular weight excluding hydrogens is 272 g/mol. The van der Waals surface area contributed by atoms with Gasteiger partial charge in [-0.05, 0) is 12.0 Å². The van der Waals surface area contributed by atoms with Crippen molar-refractivity contribution in [2.24, 2.45) is 0 Å². The van der Waals surface area contributed by atoms with E-state index in [0.717, 1.165) is 6.42 Å². The zero-order chi connectivity index (χ0) is 14.4. The summed E-state index contributed by atoms with van der Waals surface area (Å²) >= 11 is 1.65. The number of rotatable bonds is 5. The van der Waals surface area contributed by atoms with E-state index in [0.29, 0.717) is 24.1 Å². The minimum absolute atomic E-state index is 0.0548. The van der Waals surface area contributed by atoms with Crippen LogP contribution in [0.25, 0.3) is 0 Å². The quantitative estimate of drug-likeness (QED) is 0.901. The van der Waals surface area contributed by atoms with Crippen LogP contribution in [0.3, 0.4) is 0 Å². The van der Waals surface area contributed by atoms with E-state index in [4.69, 9.17) is 0 Å². The van der Waals surface area contributed by atoms with Gasteiger partial charge in [0.15, 0.2) is 0 Å². The summed E-state index contributed by atoms with van der Waals surface area (Å²) < 4.78 is 0. The first-order valence-corrected chi connectivity index (χ1v) is 7.96. The summed E-state index contributed by atoms with van der Waals surface area (Å²) in [7, 11) is 0. The fourth-order valence-corrected chi connectivity index (χ4v) is 3.34. The third kappa shape index (κ3) is 4.00. The summed E-state index contributed by atoms with van der Waals surface area (Å²) in [6.07, 6.45) is 0.989. The molecule has 0 bridgehead atoms. The summed E-state index contributed by atoms with van der Waals surface area (Å²) in [5, 5.41) is 3.06. The van der Waals surface area contributed by atoms with Crippen molar-refractivity contribution in [1.29, 1.82) is 0 Å². The van der Waals surface area contributed by atoms with E-state index in [-0.39, 0.29) is 18.4 Å². The molecule has 1 aromatic rings. The Kier molecular flexibility index (Phi) is 5.47. The molecule has 2 amide bonds. The smallest absolute Gasteiger partial charge is 0.239 e. The van der Waals surface area contributed by atoms with E-state index in [1.165, 1.54) is 5.56 Å². The highest BCUT2D eigenvalue weighted by Gasteiger charge is 2.22. The third-order valence-corrected chi connectivity index (χ3v) is 4.76. The number of nitrogens with one attached hydrogen (secondary N) is 1. The van der Waals surface area contributed by atoms with Crippen LogP contribution in [-0.2, 0) is 9.59 Å². The summed E-state index contributed by atoms with van der Waals surface area (Å²) in [5.41, 5.74) is 1.25. The van der Waals surface area contributed by atoms with Crippen LogP contribution >= 0.6 is 11.8 Å². The summed E-state index contributed by atoms with van der Waals surface area (Å²) in [6.45, 7) is 3.50. The van der Waals surface area contributed by atoms with Crippen molar-refractivity contribution in [3.05, 3.63) is 35.9 Å². The summed E-state index contributed by atoms with van der Waals surface area (Å²) in [4.78, 5) is 25.0. The Bertz CT molecular complexity index is 464. The number of hydrogen-bond acceptors (Lipinski definition) is 3. The molecule has 4 nitrogen and oxygen atoms in total. The van der Waals surface area contributed by atoms with Crippen molar-refractivity contribution in [2.45, 2.75) is 18.6 Å². The number of piperazine rings is 1. The van der Waals surface area contributed by atoms with Crippen LogP contribution in [0.15, 0.2) is 30.3 Å². The summed E-state index contributed by atoms with van der Waals surface area (Å²) in [6, 6.07) is 10.2. The predicted molar refractivity (Wildman–Crippen MR) is 81.5 cm³/mol. The van der Waals surface area contributed by atoms with Crippen molar-refractivity contribution in [3.8, 4) is 0 Å². The Labute approximate surface area is 123 Å². The fraction of sp³-hybridized carbons (Fsp3) is 0.467. The van der Waals surface area contributed by atoms with Crippen LogP contribution in [0, 0.1) is 0 Å². The Morgan fingerprint density at radius 3 is 2.80 bits per heavy atom. The van der Waals surface area contributed by atoms with Crippen LogP contribution in [0.2, 0.25) is 0 Å². The normalized spacial score (nSPS) is 16.6. The third-order valence-electron chi connectivity index (χ3n) is 3.34. The number of thioether (sulfide) groups is 1. The molecule has 20 heavy (non-hydrogen) atoms. The van der Waals surface area contributed by atoms with Crippen molar-refractivity contribution in [1.82, 2.24) is 10.2 Å². The van der Waals surface area contributed by atoms with Crippen molar-refractivity contribution in [2.75, 3.05) is 25.4 Å². The lowest BCUT2D eigenvalue weighted by Gasteiger charge is -2.27. The number of amides is 2. The zero-order valence-corrected chi connectivity index (χ0v) is 12.5. The standard InChI is InChI=1S/C15H20N2O2S/c1-2-13(12-6-4-3-5-7-12)20-11-15(19)17-9-8-16-14(18)10-17/h3-7,13H,2,8-11H2,1H3,(H,16,18)/t13-/m0/s1. The highest BCUT2D eigenvalue weighted by atomic mass is 32.2. The van der Waals surface area contributed by atoms with Gasteiger partial charge in [0.05, 0.1) is 12.3 Å². The molecular formula is C15H20N2O2S. The maximum absolute atomic E-state index is 12.1. The van der Waals surface area contributed by atoms with E-state index in [1.807, 2.05) is 18.2 Å². The lowest BCUT2D eigenvalue weighted by atomic mass is 10.1. The van der Waals surface area contributed by atoms with Gasteiger partial charge in [-0.25, -0.2) is 0 Å². The molecule has 1 atom stereocenters. The first-order chi connectivity index (χ1) is 9.70. The minimum atomic E-state index is -0.0651. The SMILES string of the molecule is CC[C@H](SCC(=O)N1CCNC(=O)C1)c1ccccc1. The minimum Gasteiger partial charge on any atom is -0.353 e. The highest BCUT2D eigenvalue weighted by molar-refractivity contribution is 8.00. The van der Waals surface area contributed by atoms with Gasteiger partial charge >= 0.3 is 0 Å². The maximum atomic E-state index is 12.1. The number of benzene rings is 1. The number of carbonyl (C=O) groups is 2. The van der Waals surface area contributed by atoms with Crippen LogP contribution in [0.5, 0.6) is 0 Å². The Morgan fingerprint density at radius 1 is 1.40 bits per heavy atom. The van der Waals surface area contributed by atoms with E-state index in [9.17, 15) is 9.59 Å². The topological polar surface area (TPSA) is 49.4 Å². The molecule has 1 aromatic carbocycles. The van der Waals surface area contributed by atoms with Crippen molar-refractivity contribution in [3.63, 3.8) is 0 Å². The van der Waals surface area contributed by atoms with E-state index in [1.54, 1.807) is 16.7 Å². The molecule has 108 valence electrons. The van der Waals surface area contributed by atoms with Crippen molar-refractivity contribution >= 4 is 23.6 Å². The predicted octanol–water partition coefficient (Wildman–Crippen LogP) is 1.83. The molecule has 1 saturated heterocycles. The second-order valence-electron chi connectivity index (χ2n) is 4.78. The van der Waals surface area contributed by atoms with Crippen LogP contribution < -0.4 is 5.32 Å². The molecule has 0 aromatic heterocycles. The second-order valence-corrected chi connectivity index (χ2v) is 5.97. The van der Waals surface area contributed by atoms with Gasteiger partial charge in [0.2, 0.25) is 11.8 Å². The van der Waals surface area contributed by atoms with Gasteiger partial charge in [-0.2, -0.15) is 0 Å². The highest BCUT2D eigenvalue weighted by Crippen LogP contribution is 2.31. The zero-order valence-electron chi connectivity index (χ0n) is 11.7. The molecule has 1 aliphatic rings. The van der Waals surface area contributed by atoms with Gasteiger partial charge in [-0.15, -0.1) is 11.8 Å². The molecule has 5 heteroatoms. The van der Waals surface area contributed by atoms with Gasteiger partial charge in [0.1, 0.15) is 0 Å². The Morgan fingerprint density at radius 2 is 2.15 bits per heavy atom. The molecule has 0 spiro atoms.